The van der Waals surface area contributed by atoms with Crippen molar-refractivity contribution in [1.29, 1.82) is 0 Å². The first-order valence-electron chi connectivity index (χ1n) is 9.13. The van der Waals surface area contributed by atoms with Crippen LogP contribution in [0.5, 0.6) is 0 Å². The summed E-state index contributed by atoms with van der Waals surface area (Å²) in [6.07, 6.45) is 9.92. The number of rotatable bonds is 11. The van der Waals surface area contributed by atoms with Gasteiger partial charge >= 0.3 is 0 Å². The van der Waals surface area contributed by atoms with Gasteiger partial charge in [0, 0.05) is 39.1 Å². The van der Waals surface area contributed by atoms with Crippen molar-refractivity contribution in [2.24, 2.45) is 5.92 Å². The van der Waals surface area contributed by atoms with Gasteiger partial charge in [-0.15, -0.1) is 0 Å². The molecule has 0 bridgehead atoms. The van der Waals surface area contributed by atoms with Crippen LogP contribution in [0.4, 0.5) is 0 Å². The minimum absolute atomic E-state index is 0.833. The minimum atomic E-state index is 0.833. The van der Waals surface area contributed by atoms with Gasteiger partial charge in [-0.25, -0.2) is 0 Å². The number of piperidine rings is 1. The predicted molar refractivity (Wildman–Crippen MR) is 104 cm³/mol. The largest absolute Gasteiger partial charge is 0.383 e. The Balaban J connectivity index is 1.79. The van der Waals surface area contributed by atoms with Gasteiger partial charge < -0.3 is 9.64 Å². The fourth-order valence-electron chi connectivity index (χ4n) is 3.39. The Labute approximate surface area is 152 Å². The zero-order valence-electron chi connectivity index (χ0n) is 15.3. The fourth-order valence-corrected chi connectivity index (χ4v) is 3.81. The van der Waals surface area contributed by atoms with E-state index in [4.69, 9.17) is 4.74 Å². The normalized spacial score (nSPS) is 16.8. The third kappa shape index (κ3) is 7.51. The summed E-state index contributed by atoms with van der Waals surface area (Å²) in [5, 5.41) is 0. The molecular formula is C19H33N3OS. The van der Waals surface area contributed by atoms with Crippen LogP contribution in [0, 0.1) is 5.92 Å². The van der Waals surface area contributed by atoms with Crippen LogP contribution in [0.25, 0.3) is 0 Å². The smallest absolute Gasteiger partial charge is 0.0589 e. The molecule has 0 N–H and O–H groups in total. The number of hydrogen-bond donors (Lipinski definition) is 0. The first-order valence-corrected chi connectivity index (χ1v) is 10.5. The molecule has 2 rings (SSSR count). The highest BCUT2D eigenvalue weighted by Gasteiger charge is 2.21. The molecule has 1 aliphatic heterocycles. The van der Waals surface area contributed by atoms with Gasteiger partial charge in [-0.3, -0.25) is 9.88 Å². The maximum atomic E-state index is 5.20. The molecule has 0 radical (unpaired) electrons. The molecule has 1 saturated heterocycles. The molecule has 0 aliphatic carbocycles. The second kappa shape index (κ2) is 11.9. The van der Waals surface area contributed by atoms with Crippen LogP contribution in [-0.4, -0.2) is 73.2 Å². The number of pyridine rings is 1. The first-order chi connectivity index (χ1) is 11.8. The van der Waals surface area contributed by atoms with Gasteiger partial charge in [0.2, 0.25) is 0 Å². The first kappa shape index (κ1) is 19.7. The molecule has 5 heteroatoms. The molecule has 1 aliphatic rings. The summed E-state index contributed by atoms with van der Waals surface area (Å²) in [7, 11) is 1.79. The number of likely N-dealkylation sites (tertiary alicyclic amines) is 1. The average Bonchev–Trinajstić information content (AvgIpc) is 2.62. The molecule has 0 atom stereocenters. The maximum Gasteiger partial charge on any atom is 0.0589 e. The number of methoxy groups -OCH3 is 1. The van der Waals surface area contributed by atoms with E-state index in [1.807, 2.05) is 24.2 Å². The lowest BCUT2D eigenvalue weighted by molar-refractivity contribution is 0.105. The zero-order valence-corrected chi connectivity index (χ0v) is 16.1. The number of nitrogens with zero attached hydrogens (tertiary/aromatic N) is 3. The molecule has 2 heterocycles. The third-order valence-electron chi connectivity index (χ3n) is 4.81. The van der Waals surface area contributed by atoms with Crippen LogP contribution in [0.1, 0.15) is 24.8 Å². The molecule has 136 valence electrons. The van der Waals surface area contributed by atoms with E-state index in [2.05, 4.69) is 33.2 Å². The Bertz CT molecular complexity index is 424. The van der Waals surface area contributed by atoms with Gasteiger partial charge in [0.05, 0.1) is 6.61 Å². The number of aromatic nitrogens is 1. The molecule has 1 aromatic rings. The van der Waals surface area contributed by atoms with Gasteiger partial charge in [0.1, 0.15) is 0 Å². The lowest BCUT2D eigenvalue weighted by Crippen LogP contribution is -2.40. The van der Waals surface area contributed by atoms with Crippen LogP contribution in [0.2, 0.25) is 0 Å². The van der Waals surface area contributed by atoms with Crippen molar-refractivity contribution >= 4 is 11.8 Å². The van der Waals surface area contributed by atoms with Crippen molar-refractivity contribution in [3.05, 3.63) is 30.1 Å². The highest BCUT2D eigenvalue weighted by Crippen LogP contribution is 2.19. The molecule has 0 spiro atoms. The molecule has 0 unspecified atom stereocenters. The summed E-state index contributed by atoms with van der Waals surface area (Å²) in [5.41, 5.74) is 1.38. The van der Waals surface area contributed by atoms with Crippen molar-refractivity contribution in [2.75, 3.05) is 58.4 Å². The van der Waals surface area contributed by atoms with Crippen LogP contribution in [0.3, 0.4) is 0 Å². The minimum Gasteiger partial charge on any atom is -0.383 e. The Morgan fingerprint density at radius 3 is 2.71 bits per heavy atom. The van der Waals surface area contributed by atoms with Crippen molar-refractivity contribution in [2.45, 2.75) is 25.8 Å². The van der Waals surface area contributed by atoms with Crippen molar-refractivity contribution in [1.82, 2.24) is 14.8 Å². The van der Waals surface area contributed by atoms with E-state index >= 15 is 0 Å². The molecule has 0 saturated carbocycles. The molecule has 4 nitrogen and oxygen atoms in total. The Hall–Kier alpha value is -0.620. The van der Waals surface area contributed by atoms with Gasteiger partial charge in [-0.2, -0.15) is 11.8 Å². The second-order valence-corrected chi connectivity index (χ2v) is 7.70. The Kier molecular flexibility index (Phi) is 9.73. The van der Waals surface area contributed by atoms with Crippen molar-refractivity contribution in [3.8, 4) is 0 Å². The lowest BCUT2D eigenvalue weighted by atomic mass is 9.96. The van der Waals surface area contributed by atoms with Crippen molar-refractivity contribution in [3.63, 3.8) is 0 Å². The summed E-state index contributed by atoms with van der Waals surface area (Å²) < 4.78 is 5.20. The standard InChI is InChI=1S/C19H33N3OS/c1-23-14-13-21-11-6-19(7-12-21)17-22(10-3-15-24-2)16-18-4-8-20-9-5-18/h4-5,8-9,19H,3,6-7,10-17H2,1-2H3. The number of hydrogen-bond acceptors (Lipinski definition) is 5. The third-order valence-corrected chi connectivity index (χ3v) is 5.51. The van der Waals surface area contributed by atoms with Gasteiger partial charge in [0.25, 0.3) is 0 Å². The summed E-state index contributed by atoms with van der Waals surface area (Å²) >= 11 is 1.95. The molecule has 0 aromatic carbocycles. The van der Waals surface area contributed by atoms with E-state index < -0.39 is 0 Å². The summed E-state index contributed by atoms with van der Waals surface area (Å²) in [6, 6.07) is 4.30. The topological polar surface area (TPSA) is 28.6 Å². The average molecular weight is 352 g/mol. The fraction of sp³-hybridized carbons (Fsp3) is 0.737. The van der Waals surface area contributed by atoms with E-state index in [0.29, 0.717) is 0 Å². The Morgan fingerprint density at radius 1 is 1.29 bits per heavy atom. The zero-order chi connectivity index (χ0) is 17.0. The number of ether oxygens (including phenoxy) is 1. The lowest BCUT2D eigenvalue weighted by Gasteiger charge is -2.35. The van der Waals surface area contributed by atoms with Crippen LogP contribution in [0.15, 0.2) is 24.5 Å². The van der Waals surface area contributed by atoms with E-state index in [0.717, 1.165) is 25.6 Å². The second-order valence-electron chi connectivity index (χ2n) is 6.71. The van der Waals surface area contributed by atoms with Crippen molar-refractivity contribution < 1.29 is 4.74 Å². The monoisotopic (exact) mass is 351 g/mol. The molecule has 1 aromatic heterocycles. The van der Waals surface area contributed by atoms with Gasteiger partial charge in [0.15, 0.2) is 0 Å². The highest BCUT2D eigenvalue weighted by molar-refractivity contribution is 7.98. The van der Waals surface area contributed by atoms with E-state index in [9.17, 15) is 0 Å². The Morgan fingerprint density at radius 2 is 2.04 bits per heavy atom. The SMILES string of the molecule is COCCN1CCC(CN(CCCSC)Cc2ccncc2)CC1. The number of thioether (sulfide) groups is 1. The molecule has 0 amide bonds. The maximum absolute atomic E-state index is 5.20. The molecule has 1 fully saturated rings. The summed E-state index contributed by atoms with van der Waals surface area (Å²) in [6.45, 7) is 7.87. The molecular weight excluding hydrogens is 318 g/mol. The van der Waals surface area contributed by atoms with E-state index in [1.54, 1.807) is 7.11 Å². The van der Waals surface area contributed by atoms with E-state index in [1.165, 1.54) is 56.8 Å². The molecule has 24 heavy (non-hydrogen) atoms. The van der Waals surface area contributed by atoms with E-state index in [-0.39, 0.29) is 0 Å². The van der Waals surface area contributed by atoms with Crippen LogP contribution < -0.4 is 0 Å². The van der Waals surface area contributed by atoms with Gasteiger partial charge in [-0.1, -0.05) is 0 Å². The summed E-state index contributed by atoms with van der Waals surface area (Å²) in [5.74, 6) is 2.09. The predicted octanol–water partition coefficient (Wildman–Crippen LogP) is 3.00. The highest BCUT2D eigenvalue weighted by atomic mass is 32.2. The summed E-state index contributed by atoms with van der Waals surface area (Å²) in [4.78, 5) is 9.34. The van der Waals surface area contributed by atoms with Gasteiger partial charge in [-0.05, 0) is 74.5 Å². The van der Waals surface area contributed by atoms with Crippen LogP contribution >= 0.6 is 11.8 Å². The quantitative estimate of drug-likeness (QED) is 0.572. The van der Waals surface area contributed by atoms with Crippen LogP contribution in [-0.2, 0) is 11.3 Å².